The Labute approximate surface area is 129 Å². The number of aryl methyl sites for hydroxylation is 1. The number of fused-ring (bicyclic) bond motifs is 1. The molecule has 1 saturated carbocycles. The van der Waals surface area contributed by atoms with Crippen LogP contribution in [0.2, 0.25) is 0 Å². The van der Waals surface area contributed by atoms with Gasteiger partial charge < -0.3 is 14.7 Å². The molecule has 5 heteroatoms. The number of carbonyl (C=O) groups excluding carboxylic acids is 1. The number of methoxy groups -OCH3 is 1. The number of amides is 1. The Hall–Kier alpha value is -2.04. The molecule has 1 aliphatic carbocycles. The van der Waals surface area contributed by atoms with Crippen molar-refractivity contribution in [2.45, 2.75) is 32.1 Å². The summed E-state index contributed by atoms with van der Waals surface area (Å²) in [7, 11) is 1.63. The number of carboxylic acid groups (broad SMARTS) is 1. The highest BCUT2D eigenvalue weighted by Gasteiger charge is 2.43. The first-order chi connectivity index (χ1) is 10.6. The van der Waals surface area contributed by atoms with Crippen molar-refractivity contribution in [2.75, 3.05) is 18.6 Å². The number of ether oxygens (including phenoxy) is 1. The Morgan fingerprint density at radius 3 is 2.64 bits per heavy atom. The first-order valence-corrected chi connectivity index (χ1v) is 7.83. The standard InChI is InChI=1S/C17H21NO4/c1-22-12-5-8-15-11(10-12)4-2-3-9-18(15)16(19)13-6-7-14(13)17(20)21/h5,8,10,13-14H,2-4,6-7,9H2,1H3,(H,20,21). The molecule has 0 radical (unpaired) electrons. The van der Waals surface area contributed by atoms with Crippen LogP contribution in [-0.2, 0) is 16.0 Å². The van der Waals surface area contributed by atoms with Gasteiger partial charge >= 0.3 is 5.97 Å². The number of hydrogen-bond donors (Lipinski definition) is 1. The molecule has 1 amide bonds. The van der Waals surface area contributed by atoms with E-state index in [1.165, 1.54) is 0 Å². The van der Waals surface area contributed by atoms with Crippen molar-refractivity contribution in [3.05, 3.63) is 23.8 Å². The van der Waals surface area contributed by atoms with Crippen LogP contribution in [0.15, 0.2) is 18.2 Å². The number of hydrogen-bond acceptors (Lipinski definition) is 3. The molecule has 0 aromatic heterocycles. The highest BCUT2D eigenvalue weighted by molar-refractivity contribution is 5.98. The molecule has 1 aromatic rings. The minimum atomic E-state index is -0.852. The summed E-state index contributed by atoms with van der Waals surface area (Å²) in [6, 6.07) is 5.77. The predicted octanol–water partition coefficient (Wildman–Crippen LogP) is 2.48. The van der Waals surface area contributed by atoms with Crippen LogP contribution >= 0.6 is 0 Å². The Balaban J connectivity index is 1.88. The van der Waals surface area contributed by atoms with Gasteiger partial charge in [0.2, 0.25) is 5.91 Å². The van der Waals surface area contributed by atoms with E-state index < -0.39 is 11.9 Å². The first kappa shape index (κ1) is 14.9. The molecule has 2 unspecified atom stereocenters. The summed E-state index contributed by atoms with van der Waals surface area (Å²) in [6.07, 6.45) is 4.17. The molecular formula is C17H21NO4. The largest absolute Gasteiger partial charge is 0.497 e. The lowest BCUT2D eigenvalue weighted by Gasteiger charge is -2.36. The van der Waals surface area contributed by atoms with Crippen molar-refractivity contribution >= 4 is 17.6 Å². The molecule has 22 heavy (non-hydrogen) atoms. The highest BCUT2D eigenvalue weighted by Crippen LogP contribution is 2.38. The number of aliphatic carboxylic acids is 1. The van der Waals surface area contributed by atoms with E-state index in [0.717, 1.165) is 36.3 Å². The zero-order chi connectivity index (χ0) is 15.7. The Morgan fingerprint density at radius 1 is 1.23 bits per heavy atom. The summed E-state index contributed by atoms with van der Waals surface area (Å²) in [5, 5.41) is 9.18. The second kappa shape index (κ2) is 5.99. The summed E-state index contributed by atoms with van der Waals surface area (Å²) in [5.41, 5.74) is 2.02. The summed E-state index contributed by atoms with van der Waals surface area (Å²) < 4.78 is 5.26. The van der Waals surface area contributed by atoms with Crippen LogP contribution in [0.1, 0.15) is 31.2 Å². The van der Waals surface area contributed by atoms with E-state index in [-0.39, 0.29) is 11.8 Å². The van der Waals surface area contributed by atoms with Gasteiger partial charge in [-0.3, -0.25) is 9.59 Å². The van der Waals surface area contributed by atoms with Gasteiger partial charge in [-0.25, -0.2) is 0 Å². The molecule has 118 valence electrons. The van der Waals surface area contributed by atoms with Crippen LogP contribution < -0.4 is 9.64 Å². The van der Waals surface area contributed by atoms with Gasteiger partial charge in [0.1, 0.15) is 5.75 Å². The van der Waals surface area contributed by atoms with E-state index in [1.54, 1.807) is 12.0 Å². The summed E-state index contributed by atoms with van der Waals surface area (Å²) in [5.74, 6) is -0.982. The molecule has 0 bridgehead atoms. The van der Waals surface area contributed by atoms with Crippen LogP contribution in [0.25, 0.3) is 0 Å². The van der Waals surface area contributed by atoms with Crippen molar-refractivity contribution in [3.63, 3.8) is 0 Å². The molecule has 1 N–H and O–H groups in total. The summed E-state index contributed by atoms with van der Waals surface area (Å²) >= 11 is 0. The SMILES string of the molecule is COc1ccc2c(c1)CCCCN2C(=O)C1CCC1C(=O)O. The molecule has 1 heterocycles. The smallest absolute Gasteiger partial charge is 0.307 e. The van der Waals surface area contributed by atoms with Gasteiger partial charge in [-0.15, -0.1) is 0 Å². The lowest BCUT2D eigenvalue weighted by atomic mass is 9.73. The van der Waals surface area contributed by atoms with Crippen molar-refractivity contribution in [3.8, 4) is 5.75 Å². The number of benzene rings is 1. The number of carboxylic acids is 1. The molecule has 0 saturated heterocycles. The minimum absolute atomic E-state index is 0.0352. The van der Waals surface area contributed by atoms with E-state index in [0.29, 0.717) is 19.4 Å². The van der Waals surface area contributed by atoms with E-state index >= 15 is 0 Å². The third-order valence-electron chi connectivity index (χ3n) is 4.83. The molecule has 1 fully saturated rings. The fraction of sp³-hybridized carbons (Fsp3) is 0.529. The molecule has 1 aliphatic heterocycles. The normalized spacial score (nSPS) is 24.0. The Morgan fingerprint density at radius 2 is 2.00 bits per heavy atom. The summed E-state index contributed by atoms with van der Waals surface area (Å²) in [6.45, 7) is 0.668. The van der Waals surface area contributed by atoms with Gasteiger partial charge in [0.05, 0.1) is 18.9 Å². The van der Waals surface area contributed by atoms with Crippen LogP contribution in [0, 0.1) is 11.8 Å². The maximum absolute atomic E-state index is 12.8. The van der Waals surface area contributed by atoms with Crippen molar-refractivity contribution in [2.24, 2.45) is 11.8 Å². The van der Waals surface area contributed by atoms with Gasteiger partial charge in [0.25, 0.3) is 0 Å². The molecule has 2 aliphatic rings. The van der Waals surface area contributed by atoms with Gasteiger partial charge in [0.15, 0.2) is 0 Å². The van der Waals surface area contributed by atoms with Crippen LogP contribution in [0.4, 0.5) is 5.69 Å². The molecule has 3 rings (SSSR count). The van der Waals surface area contributed by atoms with Gasteiger partial charge in [-0.1, -0.05) is 0 Å². The van der Waals surface area contributed by atoms with Gasteiger partial charge in [-0.05, 0) is 55.9 Å². The minimum Gasteiger partial charge on any atom is -0.497 e. The second-order valence-corrected chi connectivity index (χ2v) is 6.07. The zero-order valence-corrected chi connectivity index (χ0v) is 12.7. The van der Waals surface area contributed by atoms with Gasteiger partial charge in [0, 0.05) is 12.2 Å². The molecule has 0 spiro atoms. The average molecular weight is 303 g/mol. The number of anilines is 1. The second-order valence-electron chi connectivity index (χ2n) is 6.07. The van der Waals surface area contributed by atoms with Crippen LogP contribution in [0.3, 0.4) is 0 Å². The van der Waals surface area contributed by atoms with Crippen LogP contribution in [0.5, 0.6) is 5.75 Å². The average Bonchev–Trinajstić information content (AvgIpc) is 2.66. The third-order valence-corrected chi connectivity index (χ3v) is 4.83. The number of rotatable bonds is 3. The van der Waals surface area contributed by atoms with Crippen molar-refractivity contribution in [1.29, 1.82) is 0 Å². The summed E-state index contributed by atoms with van der Waals surface area (Å²) in [4.78, 5) is 25.8. The number of carbonyl (C=O) groups is 2. The number of nitrogens with zero attached hydrogens (tertiary/aromatic N) is 1. The highest BCUT2D eigenvalue weighted by atomic mass is 16.5. The zero-order valence-electron chi connectivity index (χ0n) is 12.7. The fourth-order valence-corrected chi connectivity index (χ4v) is 3.38. The Kier molecular flexibility index (Phi) is 4.05. The Bertz CT molecular complexity index is 598. The molecule has 1 aromatic carbocycles. The van der Waals surface area contributed by atoms with Gasteiger partial charge in [-0.2, -0.15) is 0 Å². The van der Waals surface area contributed by atoms with E-state index in [4.69, 9.17) is 4.74 Å². The monoisotopic (exact) mass is 303 g/mol. The van der Waals surface area contributed by atoms with E-state index in [9.17, 15) is 14.7 Å². The fourth-order valence-electron chi connectivity index (χ4n) is 3.38. The third kappa shape index (κ3) is 2.56. The lowest BCUT2D eigenvalue weighted by Crippen LogP contribution is -2.46. The molecule has 2 atom stereocenters. The van der Waals surface area contributed by atoms with Crippen LogP contribution in [-0.4, -0.2) is 30.6 Å². The topological polar surface area (TPSA) is 66.8 Å². The maximum Gasteiger partial charge on any atom is 0.307 e. The molecular weight excluding hydrogens is 282 g/mol. The van der Waals surface area contributed by atoms with Crippen molar-refractivity contribution in [1.82, 2.24) is 0 Å². The lowest BCUT2D eigenvalue weighted by molar-refractivity contribution is -0.152. The quantitative estimate of drug-likeness (QED) is 0.931. The predicted molar refractivity (Wildman–Crippen MR) is 82.1 cm³/mol. The van der Waals surface area contributed by atoms with Crippen molar-refractivity contribution < 1.29 is 19.4 Å². The molecule has 5 nitrogen and oxygen atoms in total. The van der Waals surface area contributed by atoms with E-state index in [2.05, 4.69) is 0 Å². The van der Waals surface area contributed by atoms with E-state index in [1.807, 2.05) is 18.2 Å². The maximum atomic E-state index is 12.8. The first-order valence-electron chi connectivity index (χ1n) is 7.83.